The Morgan fingerprint density at radius 3 is 2.65 bits per heavy atom. The molecular formula is C11H14N4S2. The van der Waals surface area contributed by atoms with Gasteiger partial charge in [0.1, 0.15) is 0 Å². The second-order valence-corrected chi connectivity index (χ2v) is 5.92. The molecule has 0 aromatic carbocycles. The van der Waals surface area contributed by atoms with E-state index in [0.29, 0.717) is 6.04 Å². The van der Waals surface area contributed by atoms with Crippen LogP contribution in [0.4, 0.5) is 0 Å². The van der Waals surface area contributed by atoms with Gasteiger partial charge in [0.05, 0.1) is 0 Å². The minimum atomic E-state index is 0.472. The van der Waals surface area contributed by atoms with Gasteiger partial charge in [-0.1, -0.05) is 13.8 Å². The largest absolute Gasteiger partial charge is 0.310 e. The fourth-order valence-corrected chi connectivity index (χ4v) is 2.57. The molecule has 0 aliphatic rings. The minimum absolute atomic E-state index is 0.472. The van der Waals surface area contributed by atoms with E-state index in [-0.39, 0.29) is 0 Å². The average Bonchev–Trinajstić information content (AvgIpc) is 2.81. The summed E-state index contributed by atoms with van der Waals surface area (Å²) in [5.74, 6) is 0. The first-order valence-electron chi connectivity index (χ1n) is 5.35. The molecule has 0 fully saturated rings. The van der Waals surface area contributed by atoms with Gasteiger partial charge in [-0.25, -0.2) is 15.0 Å². The lowest BCUT2D eigenvalue weighted by molar-refractivity contribution is 0.585. The summed E-state index contributed by atoms with van der Waals surface area (Å²) in [5, 5.41) is 6.02. The van der Waals surface area contributed by atoms with Crippen molar-refractivity contribution < 1.29 is 0 Å². The van der Waals surface area contributed by atoms with Crippen molar-refractivity contribution >= 4 is 23.1 Å². The molecule has 0 radical (unpaired) electrons. The number of nitrogens with one attached hydrogen (secondary N) is 1. The predicted molar refractivity (Wildman–Crippen MR) is 70.2 cm³/mol. The van der Waals surface area contributed by atoms with Crippen LogP contribution in [0.3, 0.4) is 0 Å². The Labute approximate surface area is 109 Å². The minimum Gasteiger partial charge on any atom is -0.310 e. The van der Waals surface area contributed by atoms with E-state index < -0.39 is 0 Å². The molecule has 1 N–H and O–H groups in total. The number of aromatic nitrogens is 3. The molecule has 2 heterocycles. The fourth-order valence-electron chi connectivity index (χ4n) is 1.15. The van der Waals surface area contributed by atoms with Crippen LogP contribution in [-0.2, 0) is 6.54 Å². The van der Waals surface area contributed by atoms with Crippen molar-refractivity contribution in [2.24, 2.45) is 0 Å². The molecule has 0 saturated heterocycles. The van der Waals surface area contributed by atoms with E-state index in [0.717, 1.165) is 21.6 Å². The average molecular weight is 266 g/mol. The van der Waals surface area contributed by atoms with Crippen molar-refractivity contribution in [3.63, 3.8) is 0 Å². The van der Waals surface area contributed by atoms with Crippen LogP contribution >= 0.6 is 23.1 Å². The summed E-state index contributed by atoms with van der Waals surface area (Å²) < 4.78 is 0.970. The third-order valence-electron chi connectivity index (χ3n) is 1.98. The highest BCUT2D eigenvalue weighted by atomic mass is 32.2. The number of thiazole rings is 1. The summed E-state index contributed by atoms with van der Waals surface area (Å²) in [5.41, 5.74) is 1.10. The Morgan fingerprint density at radius 2 is 2.06 bits per heavy atom. The van der Waals surface area contributed by atoms with Gasteiger partial charge in [-0.15, -0.1) is 11.3 Å². The SMILES string of the molecule is CC(C)NCc1cnc(Sc2nccs2)nc1. The standard InChI is InChI=1S/C11H14N4S2/c1-8(2)13-5-9-6-14-10(15-7-9)17-11-12-3-4-16-11/h3-4,6-8,13H,5H2,1-2H3. The molecule has 0 atom stereocenters. The highest BCUT2D eigenvalue weighted by Crippen LogP contribution is 2.25. The number of nitrogens with zero attached hydrogens (tertiary/aromatic N) is 3. The lowest BCUT2D eigenvalue weighted by Crippen LogP contribution is -2.21. The molecule has 2 rings (SSSR count). The topological polar surface area (TPSA) is 50.7 Å². The van der Waals surface area contributed by atoms with Gasteiger partial charge in [0, 0.05) is 42.1 Å². The van der Waals surface area contributed by atoms with E-state index >= 15 is 0 Å². The molecule has 4 nitrogen and oxygen atoms in total. The van der Waals surface area contributed by atoms with Crippen LogP contribution in [0.1, 0.15) is 19.4 Å². The summed E-state index contributed by atoms with van der Waals surface area (Å²) in [4.78, 5) is 12.8. The normalized spacial score (nSPS) is 11.0. The van der Waals surface area contributed by atoms with Gasteiger partial charge in [-0.2, -0.15) is 0 Å². The van der Waals surface area contributed by atoms with Crippen LogP contribution in [0.25, 0.3) is 0 Å². The summed E-state index contributed by atoms with van der Waals surface area (Å²) in [7, 11) is 0. The first kappa shape index (κ1) is 12.5. The molecule has 0 aliphatic carbocycles. The summed E-state index contributed by atoms with van der Waals surface area (Å²) in [6.45, 7) is 5.04. The fraction of sp³-hybridized carbons (Fsp3) is 0.364. The van der Waals surface area contributed by atoms with Crippen molar-refractivity contribution in [1.82, 2.24) is 20.3 Å². The molecule has 2 aromatic rings. The molecule has 0 aliphatic heterocycles. The number of hydrogen-bond acceptors (Lipinski definition) is 6. The Balaban J connectivity index is 1.93. The van der Waals surface area contributed by atoms with E-state index in [9.17, 15) is 0 Å². The third-order valence-corrected chi connectivity index (χ3v) is 3.76. The van der Waals surface area contributed by atoms with Crippen molar-refractivity contribution in [2.75, 3.05) is 0 Å². The number of rotatable bonds is 5. The van der Waals surface area contributed by atoms with Crippen LogP contribution in [-0.4, -0.2) is 21.0 Å². The van der Waals surface area contributed by atoms with Crippen LogP contribution in [0.5, 0.6) is 0 Å². The monoisotopic (exact) mass is 266 g/mol. The van der Waals surface area contributed by atoms with Gasteiger partial charge < -0.3 is 5.32 Å². The molecule has 0 amide bonds. The zero-order chi connectivity index (χ0) is 12.1. The zero-order valence-electron chi connectivity index (χ0n) is 9.75. The molecule has 0 bridgehead atoms. The molecule has 0 saturated carbocycles. The van der Waals surface area contributed by atoms with Crippen LogP contribution in [0.2, 0.25) is 0 Å². The molecular weight excluding hydrogens is 252 g/mol. The van der Waals surface area contributed by atoms with Gasteiger partial charge in [0.25, 0.3) is 0 Å². The smallest absolute Gasteiger partial charge is 0.194 e. The van der Waals surface area contributed by atoms with Crippen LogP contribution in [0, 0.1) is 0 Å². The quantitative estimate of drug-likeness (QED) is 0.843. The maximum atomic E-state index is 4.31. The van der Waals surface area contributed by atoms with Gasteiger partial charge in [-0.3, -0.25) is 0 Å². The first-order valence-corrected chi connectivity index (χ1v) is 7.05. The van der Waals surface area contributed by atoms with Crippen molar-refractivity contribution in [1.29, 1.82) is 0 Å². The van der Waals surface area contributed by atoms with Gasteiger partial charge in [0.15, 0.2) is 9.50 Å². The van der Waals surface area contributed by atoms with Crippen LogP contribution in [0.15, 0.2) is 33.5 Å². The predicted octanol–water partition coefficient (Wildman–Crippen LogP) is 2.58. The summed E-state index contributed by atoms with van der Waals surface area (Å²) >= 11 is 3.09. The second kappa shape index (κ2) is 6.09. The zero-order valence-corrected chi connectivity index (χ0v) is 11.4. The maximum Gasteiger partial charge on any atom is 0.194 e. The van der Waals surface area contributed by atoms with Crippen molar-refractivity contribution in [2.45, 2.75) is 35.9 Å². The lowest BCUT2D eigenvalue weighted by atomic mass is 10.3. The van der Waals surface area contributed by atoms with Gasteiger partial charge in [0.2, 0.25) is 0 Å². The van der Waals surface area contributed by atoms with E-state index in [2.05, 4.69) is 34.1 Å². The maximum absolute atomic E-state index is 4.31. The molecule has 17 heavy (non-hydrogen) atoms. The highest BCUT2D eigenvalue weighted by molar-refractivity contribution is 8.00. The van der Waals surface area contributed by atoms with Crippen LogP contribution < -0.4 is 5.32 Å². The Bertz CT molecular complexity index is 439. The highest BCUT2D eigenvalue weighted by Gasteiger charge is 2.03. The molecule has 0 spiro atoms. The number of hydrogen-bond donors (Lipinski definition) is 1. The summed E-state index contributed by atoms with van der Waals surface area (Å²) in [6.07, 6.45) is 5.50. The van der Waals surface area contributed by atoms with Gasteiger partial charge >= 0.3 is 0 Å². The molecule has 0 unspecified atom stereocenters. The third kappa shape index (κ3) is 4.07. The van der Waals surface area contributed by atoms with Gasteiger partial charge in [-0.05, 0) is 11.8 Å². The van der Waals surface area contributed by atoms with Crippen molar-refractivity contribution in [3.8, 4) is 0 Å². The Kier molecular flexibility index (Phi) is 4.47. The van der Waals surface area contributed by atoms with Crippen molar-refractivity contribution in [3.05, 3.63) is 29.5 Å². The molecule has 2 aromatic heterocycles. The second-order valence-electron chi connectivity index (χ2n) is 3.81. The Morgan fingerprint density at radius 1 is 1.29 bits per heavy atom. The first-order chi connectivity index (χ1) is 8.24. The summed E-state index contributed by atoms with van der Waals surface area (Å²) in [6, 6.07) is 0.472. The van der Waals surface area contributed by atoms with E-state index in [4.69, 9.17) is 0 Å². The van der Waals surface area contributed by atoms with E-state index in [1.807, 2.05) is 17.8 Å². The Hall–Kier alpha value is -0.980. The van der Waals surface area contributed by atoms with E-state index in [1.54, 1.807) is 17.5 Å². The lowest BCUT2D eigenvalue weighted by Gasteiger charge is -2.07. The molecule has 90 valence electrons. The van der Waals surface area contributed by atoms with E-state index in [1.165, 1.54) is 11.8 Å². The molecule has 6 heteroatoms.